The molecule has 0 spiro atoms. The minimum atomic E-state index is -4.04. The molecule has 0 bridgehead atoms. The van der Waals surface area contributed by atoms with Crippen LogP contribution >= 0.6 is 0 Å². The van der Waals surface area contributed by atoms with E-state index in [0.29, 0.717) is 23.5 Å². The van der Waals surface area contributed by atoms with Gasteiger partial charge in [-0.25, -0.2) is 0 Å². The van der Waals surface area contributed by atoms with Gasteiger partial charge >= 0.3 is 0 Å². The highest BCUT2D eigenvalue weighted by Crippen LogP contribution is 2.38. The molecule has 2 rings (SSSR count). The van der Waals surface area contributed by atoms with Crippen LogP contribution in [-0.2, 0) is 16.6 Å². The number of nitrogens with one attached hydrogen (secondary N) is 1. The van der Waals surface area contributed by atoms with Gasteiger partial charge in [-0.3, -0.25) is 0 Å². The van der Waals surface area contributed by atoms with Gasteiger partial charge < -0.3 is 20.1 Å². The summed E-state index contributed by atoms with van der Waals surface area (Å²) in [5.41, 5.74) is 0.959. The number of aliphatic hydroxyl groups is 1. The highest BCUT2D eigenvalue weighted by atomic mass is 32.2. The number of anilines is 1. The number of aliphatic hydroxyl groups excluding tert-OH is 1. The Balaban J connectivity index is 2.60. The van der Waals surface area contributed by atoms with Crippen LogP contribution in [0.1, 0.15) is 25.3 Å². The van der Waals surface area contributed by atoms with Gasteiger partial charge in [0.15, 0.2) is 5.75 Å². The minimum Gasteiger partial charge on any atom is -0.454 e. The molecule has 0 saturated carbocycles. The smallest absolute Gasteiger partial charge is 0.287 e. The van der Waals surface area contributed by atoms with Crippen LogP contribution in [0.2, 0.25) is 0 Å². The van der Waals surface area contributed by atoms with E-state index < -0.39 is 10.0 Å². The summed E-state index contributed by atoms with van der Waals surface area (Å²) in [4.78, 5) is 1.44. The predicted octanol–water partition coefficient (Wildman–Crippen LogP) is 3.46. The molecular formula is C20H27N3O4S. The van der Waals surface area contributed by atoms with E-state index in [1.807, 2.05) is 6.07 Å². The van der Waals surface area contributed by atoms with Gasteiger partial charge in [-0.05, 0) is 36.2 Å². The number of rotatable bonds is 10. The van der Waals surface area contributed by atoms with Crippen molar-refractivity contribution in [2.75, 3.05) is 26.0 Å². The van der Waals surface area contributed by atoms with E-state index in [0.717, 1.165) is 12.8 Å². The van der Waals surface area contributed by atoms with Gasteiger partial charge in [0.05, 0.1) is 12.3 Å². The first-order valence-electron chi connectivity index (χ1n) is 9.08. The van der Waals surface area contributed by atoms with E-state index in [4.69, 9.17) is 4.74 Å². The monoisotopic (exact) mass is 405 g/mol. The van der Waals surface area contributed by atoms with E-state index in [-0.39, 0.29) is 17.3 Å². The Morgan fingerprint density at radius 2 is 1.93 bits per heavy atom. The van der Waals surface area contributed by atoms with Crippen LogP contribution < -0.4 is 10.1 Å². The van der Waals surface area contributed by atoms with Crippen LogP contribution in [0.15, 0.2) is 51.8 Å². The number of ether oxygens (including phenoxy) is 1. The quantitative estimate of drug-likeness (QED) is 0.357. The van der Waals surface area contributed by atoms with Crippen molar-refractivity contribution in [2.45, 2.75) is 31.3 Å². The molecule has 0 radical (unpaired) electrons. The summed E-state index contributed by atoms with van der Waals surface area (Å²) in [6.07, 6.45) is 3.12. The molecule has 2 N–H and O–H groups in total. The Morgan fingerprint density at radius 3 is 2.54 bits per heavy atom. The minimum absolute atomic E-state index is 0.0972. The third-order valence-corrected chi connectivity index (χ3v) is 5.03. The lowest BCUT2D eigenvalue weighted by Crippen LogP contribution is -2.12. The molecule has 2 aromatic rings. The highest BCUT2D eigenvalue weighted by molar-refractivity contribution is 7.90. The third-order valence-electron chi connectivity index (χ3n) is 3.80. The number of nitrogens with zero attached hydrogens (tertiary/aromatic N) is 2. The fourth-order valence-electron chi connectivity index (χ4n) is 2.40. The van der Waals surface area contributed by atoms with E-state index in [9.17, 15) is 13.5 Å². The number of unbranched alkanes of at least 4 members (excludes halogenated alkanes) is 1. The van der Waals surface area contributed by atoms with E-state index in [2.05, 4.69) is 16.6 Å². The van der Waals surface area contributed by atoms with Crippen molar-refractivity contribution in [3.05, 3.63) is 48.0 Å². The third kappa shape index (κ3) is 5.97. The van der Waals surface area contributed by atoms with Crippen LogP contribution in [0.4, 0.5) is 5.69 Å². The molecule has 0 aliphatic rings. The average molecular weight is 406 g/mol. The summed E-state index contributed by atoms with van der Waals surface area (Å²) in [5.74, 6) is 0.668. The summed E-state index contributed by atoms with van der Waals surface area (Å²) < 4.78 is 35.4. The zero-order valence-corrected chi connectivity index (χ0v) is 17.2. The topological polar surface area (TPSA) is 91.2 Å². The van der Waals surface area contributed by atoms with Gasteiger partial charge in [-0.15, -0.1) is 4.40 Å². The maximum absolute atomic E-state index is 12.9. The standard InChI is InChI=1S/C20H27N3O4S/c1-4-5-11-21-18-12-16(14-24)13-19(28(25,26)22-15-23(2)3)20(18)27-17-9-7-6-8-10-17/h6-10,12-13,15,21,24H,4-5,11,14H2,1-3H3. The Kier molecular flexibility index (Phi) is 7.83. The molecule has 0 aromatic heterocycles. The SMILES string of the molecule is CCCCNc1cc(CO)cc(S(=O)(=O)N=CN(C)C)c1Oc1ccccc1. The second kappa shape index (κ2) is 10.1. The molecule has 2 aromatic carbocycles. The van der Waals surface area contributed by atoms with E-state index in [1.165, 1.54) is 17.3 Å². The van der Waals surface area contributed by atoms with Crippen LogP contribution in [0.5, 0.6) is 11.5 Å². The number of benzene rings is 2. The van der Waals surface area contributed by atoms with Gasteiger partial charge in [0.1, 0.15) is 17.0 Å². The zero-order chi connectivity index (χ0) is 20.6. The van der Waals surface area contributed by atoms with Gasteiger partial charge in [0.2, 0.25) is 0 Å². The first-order valence-corrected chi connectivity index (χ1v) is 10.5. The Bertz CT molecular complexity index is 897. The largest absolute Gasteiger partial charge is 0.454 e. The zero-order valence-electron chi connectivity index (χ0n) is 16.4. The van der Waals surface area contributed by atoms with Crippen molar-refractivity contribution in [1.29, 1.82) is 0 Å². The van der Waals surface area contributed by atoms with Gasteiger partial charge in [0, 0.05) is 20.6 Å². The summed E-state index contributed by atoms with van der Waals surface area (Å²) in [7, 11) is -0.674. The molecule has 7 nitrogen and oxygen atoms in total. The summed E-state index contributed by atoms with van der Waals surface area (Å²) in [5, 5.41) is 12.8. The molecule has 0 fully saturated rings. The second-order valence-electron chi connectivity index (χ2n) is 6.48. The number of sulfonamides is 1. The average Bonchev–Trinajstić information content (AvgIpc) is 2.68. The molecule has 0 atom stereocenters. The molecule has 152 valence electrons. The van der Waals surface area contributed by atoms with Crippen molar-refractivity contribution in [3.8, 4) is 11.5 Å². The van der Waals surface area contributed by atoms with Crippen molar-refractivity contribution < 1.29 is 18.3 Å². The molecule has 0 saturated heterocycles. The van der Waals surface area contributed by atoms with Gasteiger partial charge in [-0.2, -0.15) is 8.42 Å². The van der Waals surface area contributed by atoms with Crippen LogP contribution in [0.3, 0.4) is 0 Å². The molecule has 0 aliphatic carbocycles. The number of para-hydroxylation sites is 1. The van der Waals surface area contributed by atoms with Gasteiger partial charge in [0.25, 0.3) is 10.0 Å². The lowest BCUT2D eigenvalue weighted by Gasteiger charge is -2.17. The summed E-state index contributed by atoms with van der Waals surface area (Å²) in [6, 6.07) is 12.0. The first-order chi connectivity index (χ1) is 13.4. The van der Waals surface area contributed by atoms with Crippen LogP contribution in [0.25, 0.3) is 0 Å². The molecule has 28 heavy (non-hydrogen) atoms. The normalized spacial score (nSPS) is 11.6. The first kappa shape index (κ1) is 21.7. The van der Waals surface area contributed by atoms with Gasteiger partial charge in [-0.1, -0.05) is 31.5 Å². The molecule has 0 amide bonds. The maximum Gasteiger partial charge on any atom is 0.287 e. The lowest BCUT2D eigenvalue weighted by atomic mass is 10.2. The van der Waals surface area contributed by atoms with Crippen molar-refractivity contribution in [2.24, 2.45) is 4.40 Å². The molecule has 8 heteroatoms. The van der Waals surface area contributed by atoms with Crippen LogP contribution in [0, 0.1) is 0 Å². The van der Waals surface area contributed by atoms with Crippen molar-refractivity contribution >= 4 is 22.0 Å². The molecular weight excluding hydrogens is 378 g/mol. The fourth-order valence-corrected chi connectivity index (χ4v) is 3.51. The van der Waals surface area contributed by atoms with Crippen molar-refractivity contribution in [1.82, 2.24) is 4.90 Å². The Labute approximate surface area is 166 Å². The number of hydrogen-bond donors (Lipinski definition) is 2. The number of hydrogen-bond acceptors (Lipinski definition) is 5. The maximum atomic E-state index is 12.9. The second-order valence-corrected chi connectivity index (χ2v) is 8.08. The molecule has 0 unspecified atom stereocenters. The Hall–Kier alpha value is -2.58. The summed E-state index contributed by atoms with van der Waals surface area (Å²) in [6.45, 7) is 2.42. The predicted molar refractivity (Wildman–Crippen MR) is 112 cm³/mol. The molecule has 0 aliphatic heterocycles. The summed E-state index contributed by atoms with van der Waals surface area (Å²) >= 11 is 0. The van der Waals surface area contributed by atoms with Crippen molar-refractivity contribution in [3.63, 3.8) is 0 Å². The highest BCUT2D eigenvalue weighted by Gasteiger charge is 2.24. The van der Waals surface area contributed by atoms with Crippen LogP contribution in [-0.4, -0.2) is 45.4 Å². The fraction of sp³-hybridized carbons (Fsp3) is 0.350. The molecule has 0 heterocycles. The van der Waals surface area contributed by atoms with E-state index >= 15 is 0 Å². The lowest BCUT2D eigenvalue weighted by molar-refractivity contribution is 0.281. The Morgan fingerprint density at radius 1 is 1.21 bits per heavy atom. The van der Waals surface area contributed by atoms with E-state index in [1.54, 1.807) is 44.4 Å².